The van der Waals surface area contributed by atoms with Gasteiger partial charge in [-0.3, -0.25) is 4.79 Å². The van der Waals surface area contributed by atoms with E-state index in [9.17, 15) is 14.7 Å². The SMILES string of the molecule is Cc1ccccc1C(=O)Cc1ccccc1C(=O)[O-]. The monoisotopic (exact) mass is 253 g/mol. The average molecular weight is 253 g/mol. The van der Waals surface area contributed by atoms with Gasteiger partial charge in [-0.1, -0.05) is 48.5 Å². The largest absolute Gasteiger partial charge is 0.545 e. The standard InChI is InChI=1S/C16H14O3/c1-11-6-2-4-8-13(11)15(17)10-12-7-3-5-9-14(12)16(18)19/h2-9H,10H2,1H3,(H,18,19)/p-1. The lowest BCUT2D eigenvalue weighted by Crippen LogP contribution is -2.24. The zero-order chi connectivity index (χ0) is 13.8. The molecule has 0 radical (unpaired) electrons. The molecule has 2 rings (SSSR count). The maximum Gasteiger partial charge on any atom is 0.167 e. The van der Waals surface area contributed by atoms with Crippen molar-refractivity contribution in [3.8, 4) is 0 Å². The number of carbonyl (C=O) groups is 2. The Morgan fingerprint density at radius 3 is 2.16 bits per heavy atom. The number of hydrogen-bond acceptors (Lipinski definition) is 3. The molecule has 0 unspecified atom stereocenters. The molecule has 0 N–H and O–H groups in total. The first-order chi connectivity index (χ1) is 9.09. The van der Waals surface area contributed by atoms with Crippen molar-refractivity contribution in [2.75, 3.05) is 0 Å². The molecule has 3 heteroatoms. The van der Waals surface area contributed by atoms with Crippen molar-refractivity contribution >= 4 is 11.8 Å². The van der Waals surface area contributed by atoms with E-state index in [1.807, 2.05) is 19.1 Å². The van der Waals surface area contributed by atoms with E-state index in [-0.39, 0.29) is 17.8 Å². The van der Waals surface area contributed by atoms with Crippen molar-refractivity contribution in [3.63, 3.8) is 0 Å². The van der Waals surface area contributed by atoms with E-state index in [0.29, 0.717) is 11.1 Å². The molecular formula is C16H13O3-. The predicted octanol–water partition coefficient (Wildman–Crippen LogP) is 1.78. The number of benzene rings is 2. The lowest BCUT2D eigenvalue weighted by atomic mass is 9.96. The number of rotatable bonds is 4. The Morgan fingerprint density at radius 2 is 1.53 bits per heavy atom. The summed E-state index contributed by atoms with van der Waals surface area (Å²) in [6, 6.07) is 13.7. The van der Waals surface area contributed by atoms with Crippen LogP contribution < -0.4 is 5.11 Å². The summed E-state index contributed by atoms with van der Waals surface area (Å²) in [5, 5.41) is 11.0. The van der Waals surface area contributed by atoms with Crippen LogP contribution >= 0.6 is 0 Å². The second-order valence-electron chi connectivity index (χ2n) is 4.36. The molecule has 2 aromatic carbocycles. The number of Topliss-reactive ketones (excluding diaryl/α,β-unsaturated/α-hetero) is 1. The molecule has 0 aliphatic carbocycles. The summed E-state index contributed by atoms with van der Waals surface area (Å²) in [7, 11) is 0. The van der Waals surface area contributed by atoms with Crippen LogP contribution in [0.1, 0.15) is 31.8 Å². The number of carboxylic acid groups (broad SMARTS) is 1. The van der Waals surface area contributed by atoms with Gasteiger partial charge in [0.1, 0.15) is 0 Å². The molecule has 0 amide bonds. The third-order valence-electron chi connectivity index (χ3n) is 3.03. The predicted molar refractivity (Wildman–Crippen MR) is 70.0 cm³/mol. The smallest absolute Gasteiger partial charge is 0.167 e. The third-order valence-corrected chi connectivity index (χ3v) is 3.03. The highest BCUT2D eigenvalue weighted by Crippen LogP contribution is 2.14. The molecule has 96 valence electrons. The van der Waals surface area contributed by atoms with Gasteiger partial charge >= 0.3 is 0 Å². The van der Waals surface area contributed by atoms with Crippen molar-refractivity contribution in [2.24, 2.45) is 0 Å². The zero-order valence-electron chi connectivity index (χ0n) is 10.6. The van der Waals surface area contributed by atoms with Gasteiger partial charge in [0.2, 0.25) is 0 Å². The van der Waals surface area contributed by atoms with Crippen LogP contribution in [0, 0.1) is 6.92 Å². The highest BCUT2D eigenvalue weighted by atomic mass is 16.4. The van der Waals surface area contributed by atoms with Crippen molar-refractivity contribution in [3.05, 3.63) is 70.8 Å². The lowest BCUT2D eigenvalue weighted by Gasteiger charge is -2.10. The highest BCUT2D eigenvalue weighted by Gasteiger charge is 2.12. The summed E-state index contributed by atoms with van der Waals surface area (Å²) in [6.45, 7) is 1.86. The van der Waals surface area contributed by atoms with Crippen LogP contribution in [0.15, 0.2) is 48.5 Å². The minimum Gasteiger partial charge on any atom is -0.545 e. The number of aryl methyl sites for hydroxylation is 1. The van der Waals surface area contributed by atoms with Crippen LogP contribution in [0.5, 0.6) is 0 Å². The summed E-state index contributed by atoms with van der Waals surface area (Å²) in [4.78, 5) is 23.2. The van der Waals surface area contributed by atoms with Crippen LogP contribution in [0.2, 0.25) is 0 Å². The molecule has 0 saturated heterocycles. The second-order valence-corrected chi connectivity index (χ2v) is 4.36. The van der Waals surface area contributed by atoms with Gasteiger partial charge in [-0.05, 0) is 18.1 Å². The molecule has 19 heavy (non-hydrogen) atoms. The molecular weight excluding hydrogens is 240 g/mol. The minimum atomic E-state index is -1.26. The van der Waals surface area contributed by atoms with Crippen molar-refractivity contribution in [1.82, 2.24) is 0 Å². The normalized spacial score (nSPS) is 10.2. The van der Waals surface area contributed by atoms with Gasteiger partial charge in [0.05, 0.1) is 5.97 Å². The van der Waals surface area contributed by atoms with Crippen LogP contribution in [-0.4, -0.2) is 11.8 Å². The first-order valence-corrected chi connectivity index (χ1v) is 5.97. The summed E-state index contributed by atoms with van der Waals surface area (Å²) >= 11 is 0. The first-order valence-electron chi connectivity index (χ1n) is 5.97. The minimum absolute atomic E-state index is 0.0645. The van der Waals surface area contributed by atoms with Crippen molar-refractivity contribution in [2.45, 2.75) is 13.3 Å². The Morgan fingerprint density at radius 1 is 0.947 bits per heavy atom. The highest BCUT2D eigenvalue weighted by molar-refractivity contribution is 6.00. The Bertz CT molecular complexity index is 629. The maximum absolute atomic E-state index is 12.2. The van der Waals surface area contributed by atoms with Gasteiger partial charge in [0.15, 0.2) is 5.78 Å². The van der Waals surface area contributed by atoms with E-state index in [1.165, 1.54) is 6.07 Å². The number of hydrogen-bond donors (Lipinski definition) is 0. The van der Waals surface area contributed by atoms with Crippen molar-refractivity contribution in [1.29, 1.82) is 0 Å². The molecule has 3 nitrogen and oxygen atoms in total. The molecule has 0 aliphatic heterocycles. The van der Waals surface area contributed by atoms with Gasteiger partial charge in [0, 0.05) is 17.5 Å². The fraction of sp³-hybridized carbons (Fsp3) is 0.125. The lowest BCUT2D eigenvalue weighted by molar-refractivity contribution is -0.255. The molecule has 0 spiro atoms. The molecule has 0 saturated carbocycles. The number of carboxylic acids is 1. The van der Waals surface area contributed by atoms with Gasteiger partial charge < -0.3 is 9.90 Å². The Hall–Kier alpha value is -2.42. The zero-order valence-corrected chi connectivity index (χ0v) is 10.6. The summed E-state index contributed by atoms with van der Waals surface area (Å²) in [6.07, 6.45) is 0.0645. The number of ketones is 1. The summed E-state index contributed by atoms with van der Waals surface area (Å²) in [5.41, 5.74) is 2.06. The molecule has 0 heterocycles. The topological polar surface area (TPSA) is 57.2 Å². The molecule has 0 aliphatic rings. The van der Waals surface area contributed by atoms with Crippen LogP contribution in [0.25, 0.3) is 0 Å². The van der Waals surface area contributed by atoms with E-state index in [2.05, 4.69) is 0 Å². The Labute approximate surface area is 111 Å². The number of carbonyl (C=O) groups excluding carboxylic acids is 2. The maximum atomic E-state index is 12.2. The van der Waals surface area contributed by atoms with Gasteiger partial charge in [-0.15, -0.1) is 0 Å². The van der Waals surface area contributed by atoms with Crippen LogP contribution in [-0.2, 0) is 6.42 Å². The molecule has 0 atom stereocenters. The van der Waals surface area contributed by atoms with E-state index in [0.717, 1.165) is 5.56 Å². The quantitative estimate of drug-likeness (QED) is 0.780. The molecule has 0 aromatic heterocycles. The second kappa shape index (κ2) is 5.48. The summed E-state index contributed by atoms with van der Waals surface area (Å²) in [5.74, 6) is -1.35. The van der Waals surface area contributed by atoms with Gasteiger partial charge in [0.25, 0.3) is 0 Å². The van der Waals surface area contributed by atoms with E-state index in [4.69, 9.17) is 0 Å². The summed E-state index contributed by atoms with van der Waals surface area (Å²) < 4.78 is 0. The van der Waals surface area contributed by atoms with Crippen LogP contribution in [0.4, 0.5) is 0 Å². The average Bonchev–Trinajstić information content (AvgIpc) is 2.39. The first kappa shape index (κ1) is 13.0. The van der Waals surface area contributed by atoms with E-state index < -0.39 is 5.97 Å². The molecule has 0 fully saturated rings. The van der Waals surface area contributed by atoms with Crippen molar-refractivity contribution < 1.29 is 14.7 Å². The van der Waals surface area contributed by atoms with E-state index >= 15 is 0 Å². The molecule has 0 bridgehead atoms. The fourth-order valence-electron chi connectivity index (χ4n) is 2.03. The van der Waals surface area contributed by atoms with Gasteiger partial charge in [-0.25, -0.2) is 0 Å². The fourth-order valence-corrected chi connectivity index (χ4v) is 2.03. The third kappa shape index (κ3) is 2.88. The van der Waals surface area contributed by atoms with Crippen LogP contribution in [0.3, 0.4) is 0 Å². The van der Waals surface area contributed by atoms with E-state index in [1.54, 1.807) is 30.3 Å². The Balaban J connectivity index is 2.30. The Kier molecular flexibility index (Phi) is 3.76. The van der Waals surface area contributed by atoms with Gasteiger partial charge in [-0.2, -0.15) is 0 Å². The molecule has 2 aromatic rings. The number of aromatic carboxylic acids is 1.